The topological polar surface area (TPSA) is 122 Å². The van der Waals surface area contributed by atoms with E-state index in [4.69, 9.17) is 26.0 Å². The van der Waals surface area contributed by atoms with Gasteiger partial charge in [0.15, 0.2) is 0 Å². The third-order valence-electron chi connectivity index (χ3n) is 7.38. The lowest BCUT2D eigenvalue weighted by atomic mass is 9.97. The standard InChI is InChI=1S/C33H37FN6O3/c1-20(22-8-11-25(34)12-9-22)42-27-18-23(10-13-26(27)35)29-28-30(39(5)38-29)24(19-37-31(28)36)7-6-21-14-16-40(17-15-21)32(41)43-33(2,3)4/h8-13,18-21H,14-17,35H2,1-5H3,(H2,36,37). The predicted molar refractivity (Wildman–Crippen MR) is 166 cm³/mol. The van der Waals surface area contributed by atoms with Crippen LogP contribution in [0.1, 0.15) is 57.8 Å². The Labute approximate surface area is 251 Å². The number of hydrogen-bond acceptors (Lipinski definition) is 7. The molecule has 1 fully saturated rings. The van der Waals surface area contributed by atoms with Crippen LogP contribution in [0.5, 0.6) is 5.75 Å². The Morgan fingerprint density at radius 1 is 1.12 bits per heavy atom. The van der Waals surface area contributed by atoms with Gasteiger partial charge in [-0.2, -0.15) is 5.10 Å². The first kappa shape index (κ1) is 29.7. The minimum atomic E-state index is -0.521. The van der Waals surface area contributed by atoms with Crippen molar-refractivity contribution < 1.29 is 18.7 Å². The van der Waals surface area contributed by atoms with Crippen molar-refractivity contribution in [3.63, 3.8) is 0 Å². The molecule has 3 heterocycles. The van der Waals surface area contributed by atoms with Crippen molar-refractivity contribution in [2.45, 2.75) is 52.2 Å². The first-order valence-corrected chi connectivity index (χ1v) is 14.3. The van der Waals surface area contributed by atoms with Crippen LogP contribution in [0.2, 0.25) is 0 Å². The van der Waals surface area contributed by atoms with Gasteiger partial charge in [-0.05, 0) is 70.4 Å². The molecule has 1 aliphatic rings. The summed E-state index contributed by atoms with van der Waals surface area (Å²) in [5.74, 6) is 7.34. The fourth-order valence-corrected chi connectivity index (χ4v) is 5.12. The van der Waals surface area contributed by atoms with Gasteiger partial charge in [-0.3, -0.25) is 4.68 Å². The lowest BCUT2D eigenvalue weighted by Crippen LogP contribution is -2.41. The van der Waals surface area contributed by atoms with Crippen molar-refractivity contribution in [1.29, 1.82) is 0 Å². The zero-order valence-corrected chi connectivity index (χ0v) is 25.1. The number of pyridine rings is 1. The molecule has 9 nitrogen and oxygen atoms in total. The first-order valence-electron chi connectivity index (χ1n) is 14.3. The van der Waals surface area contributed by atoms with E-state index in [1.54, 1.807) is 34.0 Å². The second-order valence-corrected chi connectivity index (χ2v) is 11.8. The van der Waals surface area contributed by atoms with Crippen molar-refractivity contribution in [2.24, 2.45) is 13.0 Å². The Morgan fingerprint density at radius 2 is 1.81 bits per heavy atom. The quantitative estimate of drug-likeness (QED) is 0.220. The molecule has 10 heteroatoms. The summed E-state index contributed by atoms with van der Waals surface area (Å²) in [4.78, 5) is 18.6. The molecule has 1 unspecified atom stereocenters. The molecule has 0 spiro atoms. The van der Waals surface area contributed by atoms with Crippen molar-refractivity contribution in [2.75, 3.05) is 24.6 Å². The van der Waals surface area contributed by atoms with Crippen LogP contribution in [0.4, 0.5) is 20.7 Å². The third kappa shape index (κ3) is 6.67. The highest BCUT2D eigenvalue weighted by atomic mass is 19.1. The Morgan fingerprint density at radius 3 is 2.49 bits per heavy atom. The average Bonchev–Trinajstić information content (AvgIpc) is 3.31. The summed E-state index contributed by atoms with van der Waals surface area (Å²) in [6.07, 6.45) is 2.56. The molecule has 2 aromatic carbocycles. The number of piperidine rings is 1. The van der Waals surface area contributed by atoms with Crippen LogP contribution in [-0.2, 0) is 11.8 Å². The molecular formula is C33H37FN6O3. The van der Waals surface area contributed by atoms with E-state index >= 15 is 0 Å². The van der Waals surface area contributed by atoms with E-state index in [2.05, 4.69) is 16.8 Å². The number of hydrogen-bond donors (Lipinski definition) is 2. The molecule has 1 saturated heterocycles. The van der Waals surface area contributed by atoms with E-state index in [1.165, 1.54) is 12.1 Å². The monoisotopic (exact) mass is 584 g/mol. The maximum atomic E-state index is 13.4. The average molecular weight is 585 g/mol. The number of ether oxygens (including phenoxy) is 2. The fourth-order valence-electron chi connectivity index (χ4n) is 5.12. The molecule has 43 heavy (non-hydrogen) atoms. The summed E-state index contributed by atoms with van der Waals surface area (Å²) >= 11 is 0. The number of anilines is 2. The van der Waals surface area contributed by atoms with Crippen LogP contribution in [-0.4, -0.2) is 44.4 Å². The molecule has 4 N–H and O–H groups in total. The number of benzene rings is 2. The van der Waals surface area contributed by atoms with Gasteiger partial charge in [0.25, 0.3) is 0 Å². The Hall–Kier alpha value is -4.78. The van der Waals surface area contributed by atoms with Crippen LogP contribution in [0.15, 0.2) is 48.7 Å². The molecule has 1 amide bonds. The molecule has 0 radical (unpaired) electrons. The second kappa shape index (κ2) is 11.8. The van der Waals surface area contributed by atoms with E-state index in [1.807, 2.05) is 46.9 Å². The Balaban J connectivity index is 1.39. The van der Waals surface area contributed by atoms with Crippen molar-refractivity contribution in [1.82, 2.24) is 19.7 Å². The maximum Gasteiger partial charge on any atom is 0.410 e. The summed E-state index contributed by atoms with van der Waals surface area (Å²) in [6, 6.07) is 11.6. The van der Waals surface area contributed by atoms with Gasteiger partial charge in [0.2, 0.25) is 0 Å². The van der Waals surface area contributed by atoms with Gasteiger partial charge in [0.05, 0.1) is 22.2 Å². The van der Waals surface area contributed by atoms with Crippen molar-refractivity contribution in [3.05, 3.63) is 65.6 Å². The zero-order valence-electron chi connectivity index (χ0n) is 25.1. The summed E-state index contributed by atoms with van der Waals surface area (Å²) in [5, 5.41) is 5.48. The van der Waals surface area contributed by atoms with Crippen LogP contribution >= 0.6 is 0 Å². The summed E-state index contributed by atoms with van der Waals surface area (Å²) in [5.41, 5.74) is 16.3. The number of aryl methyl sites for hydroxylation is 1. The molecule has 224 valence electrons. The number of aromatic nitrogens is 3. The minimum absolute atomic E-state index is 0.138. The van der Waals surface area contributed by atoms with Crippen molar-refractivity contribution >= 4 is 28.5 Å². The molecule has 5 rings (SSSR count). The van der Waals surface area contributed by atoms with Gasteiger partial charge in [-0.15, -0.1) is 0 Å². The maximum absolute atomic E-state index is 13.4. The summed E-state index contributed by atoms with van der Waals surface area (Å²) in [6.45, 7) is 8.67. The fraction of sp³-hybridized carbons (Fsp3) is 0.364. The van der Waals surface area contributed by atoms with E-state index in [0.717, 1.165) is 35.0 Å². The lowest BCUT2D eigenvalue weighted by molar-refractivity contribution is 0.0199. The van der Waals surface area contributed by atoms with Gasteiger partial charge in [-0.25, -0.2) is 14.2 Å². The molecule has 2 aromatic heterocycles. The summed E-state index contributed by atoms with van der Waals surface area (Å²) < 4.78 is 26.8. The highest BCUT2D eigenvalue weighted by Crippen LogP contribution is 2.37. The molecule has 4 aromatic rings. The molecule has 1 aliphatic heterocycles. The van der Waals surface area contributed by atoms with Crippen LogP contribution in [0, 0.1) is 23.6 Å². The van der Waals surface area contributed by atoms with E-state index in [9.17, 15) is 9.18 Å². The van der Waals surface area contributed by atoms with Gasteiger partial charge in [-0.1, -0.05) is 30.0 Å². The molecule has 0 aliphatic carbocycles. The molecule has 0 bridgehead atoms. The highest BCUT2D eigenvalue weighted by Gasteiger charge is 2.26. The number of likely N-dealkylation sites (tertiary alicyclic amines) is 1. The van der Waals surface area contributed by atoms with Crippen LogP contribution in [0.3, 0.4) is 0 Å². The molecule has 0 saturated carbocycles. The highest BCUT2D eigenvalue weighted by molar-refractivity contribution is 6.02. The number of halogens is 1. The number of nitrogens with zero attached hydrogens (tertiary/aromatic N) is 4. The van der Waals surface area contributed by atoms with Gasteiger partial charge in [0.1, 0.15) is 34.8 Å². The normalized spacial score (nSPS) is 14.7. The van der Waals surface area contributed by atoms with Gasteiger partial charge < -0.3 is 25.8 Å². The van der Waals surface area contributed by atoms with Gasteiger partial charge >= 0.3 is 6.09 Å². The van der Waals surface area contributed by atoms with E-state index < -0.39 is 5.60 Å². The predicted octanol–water partition coefficient (Wildman–Crippen LogP) is 6.08. The van der Waals surface area contributed by atoms with E-state index in [0.29, 0.717) is 41.4 Å². The number of fused-ring (bicyclic) bond motifs is 1. The second-order valence-electron chi connectivity index (χ2n) is 11.8. The number of nitrogens with two attached hydrogens (primary N) is 2. The van der Waals surface area contributed by atoms with Gasteiger partial charge in [0, 0.05) is 37.8 Å². The zero-order chi connectivity index (χ0) is 30.9. The van der Waals surface area contributed by atoms with E-state index in [-0.39, 0.29) is 23.9 Å². The largest absolute Gasteiger partial charge is 0.484 e. The smallest absolute Gasteiger partial charge is 0.410 e. The Bertz CT molecular complexity index is 1710. The third-order valence-corrected chi connectivity index (χ3v) is 7.38. The number of carbonyl (C=O) groups is 1. The lowest BCUT2D eigenvalue weighted by Gasteiger charge is -2.31. The van der Waals surface area contributed by atoms with Crippen LogP contribution in [0.25, 0.3) is 22.2 Å². The molecular weight excluding hydrogens is 547 g/mol. The molecule has 1 atom stereocenters. The summed E-state index contributed by atoms with van der Waals surface area (Å²) in [7, 11) is 1.85. The Kier molecular flexibility index (Phi) is 8.18. The first-order chi connectivity index (χ1) is 20.4. The SMILES string of the molecule is CC(Oc1cc(-c2nn(C)c3c(C#CC4CCN(C(=O)OC(C)(C)C)CC4)cnc(N)c23)ccc1N)c1ccc(F)cc1. The van der Waals surface area contributed by atoms with Crippen LogP contribution < -0.4 is 16.2 Å². The number of amides is 1. The number of nitrogen functional groups attached to an aromatic ring is 2. The van der Waals surface area contributed by atoms with Crippen molar-refractivity contribution in [3.8, 4) is 28.8 Å². The number of carbonyl (C=O) groups excluding carboxylic acids is 1. The number of rotatable bonds is 4. The minimum Gasteiger partial charge on any atom is -0.484 e.